The molecule has 0 saturated heterocycles. The summed E-state index contributed by atoms with van der Waals surface area (Å²) in [5.41, 5.74) is 0. The van der Waals surface area contributed by atoms with Crippen LogP contribution in [0.5, 0.6) is 0 Å². The van der Waals surface area contributed by atoms with Gasteiger partial charge in [-0.1, -0.05) is 6.42 Å². The van der Waals surface area contributed by atoms with Crippen molar-refractivity contribution in [3.05, 3.63) is 0 Å². The fourth-order valence-corrected chi connectivity index (χ4v) is 2.05. The highest BCUT2D eigenvalue weighted by atomic mass is 19.4. The van der Waals surface area contributed by atoms with Gasteiger partial charge >= 0.3 is 6.18 Å². The van der Waals surface area contributed by atoms with Crippen LogP contribution in [-0.4, -0.2) is 30.3 Å². The first-order chi connectivity index (χ1) is 7.45. The molecule has 1 aliphatic rings. The third-order valence-corrected chi connectivity index (χ3v) is 2.92. The summed E-state index contributed by atoms with van der Waals surface area (Å²) in [5.74, 6) is -2.29. The Bertz CT molecular complexity index is 243. The van der Waals surface area contributed by atoms with Crippen molar-refractivity contribution >= 4 is 5.91 Å². The smallest absolute Gasteiger partial charge is 0.391 e. The lowest BCUT2D eigenvalue weighted by atomic mass is 9.80. The second kappa shape index (κ2) is 5.52. The topological polar surface area (TPSA) is 49.3 Å². The van der Waals surface area contributed by atoms with E-state index in [0.717, 1.165) is 0 Å². The maximum atomic E-state index is 12.5. The number of carbonyl (C=O) groups is 1. The fourth-order valence-electron chi connectivity index (χ4n) is 2.05. The van der Waals surface area contributed by atoms with Crippen molar-refractivity contribution < 1.29 is 23.1 Å². The van der Waals surface area contributed by atoms with Gasteiger partial charge in [-0.2, -0.15) is 13.2 Å². The van der Waals surface area contributed by atoms with Crippen LogP contribution >= 0.6 is 0 Å². The molecule has 2 atom stereocenters. The summed E-state index contributed by atoms with van der Waals surface area (Å²) in [6, 6.07) is 0. The van der Waals surface area contributed by atoms with Crippen molar-refractivity contribution in [2.24, 2.45) is 11.8 Å². The Kier molecular flexibility index (Phi) is 4.58. The molecule has 94 valence electrons. The highest BCUT2D eigenvalue weighted by molar-refractivity contribution is 5.78. The number of alkyl halides is 3. The highest BCUT2D eigenvalue weighted by Gasteiger charge is 2.43. The maximum absolute atomic E-state index is 12.5. The van der Waals surface area contributed by atoms with Crippen LogP contribution in [0.2, 0.25) is 0 Å². The highest BCUT2D eigenvalue weighted by Crippen LogP contribution is 2.39. The number of carbonyl (C=O) groups excluding carboxylic acids is 1. The lowest BCUT2D eigenvalue weighted by molar-refractivity contribution is -0.186. The van der Waals surface area contributed by atoms with E-state index in [1.807, 2.05) is 0 Å². The van der Waals surface area contributed by atoms with Gasteiger partial charge in [0, 0.05) is 12.5 Å². The number of hydrogen-bond donors (Lipinski definition) is 2. The van der Waals surface area contributed by atoms with Crippen LogP contribution in [0.1, 0.15) is 25.7 Å². The molecule has 0 bridgehead atoms. The third kappa shape index (κ3) is 3.66. The number of halogens is 3. The van der Waals surface area contributed by atoms with Gasteiger partial charge in [-0.3, -0.25) is 4.79 Å². The zero-order valence-corrected chi connectivity index (χ0v) is 8.89. The minimum absolute atomic E-state index is 0.103. The molecule has 0 spiro atoms. The molecule has 6 heteroatoms. The van der Waals surface area contributed by atoms with E-state index in [4.69, 9.17) is 5.11 Å². The van der Waals surface area contributed by atoms with Crippen LogP contribution < -0.4 is 5.32 Å². The fraction of sp³-hybridized carbons (Fsp3) is 0.900. The van der Waals surface area contributed by atoms with E-state index in [0.29, 0.717) is 12.8 Å². The molecule has 0 aromatic rings. The first kappa shape index (κ1) is 13.3. The van der Waals surface area contributed by atoms with E-state index in [1.165, 1.54) is 0 Å². The Morgan fingerprint density at radius 3 is 2.62 bits per heavy atom. The number of aliphatic hydroxyl groups is 1. The van der Waals surface area contributed by atoms with Crippen LogP contribution in [-0.2, 0) is 4.79 Å². The Labute approximate surface area is 92.0 Å². The summed E-state index contributed by atoms with van der Waals surface area (Å²) in [7, 11) is 0. The summed E-state index contributed by atoms with van der Waals surface area (Å²) >= 11 is 0. The molecule has 1 rings (SSSR count). The number of rotatable bonds is 3. The Balaban J connectivity index is 2.47. The lowest BCUT2D eigenvalue weighted by Crippen LogP contribution is -2.38. The van der Waals surface area contributed by atoms with Gasteiger partial charge in [0.25, 0.3) is 0 Å². The van der Waals surface area contributed by atoms with E-state index in [1.54, 1.807) is 0 Å². The average molecular weight is 239 g/mol. The standard InChI is InChI=1S/C10H16F3NO2/c11-10(12,13)8-3-1-2-7(6-8)9(16)14-4-5-15/h7-8,15H,1-6H2,(H,14,16). The van der Waals surface area contributed by atoms with Crippen molar-refractivity contribution in [3.8, 4) is 0 Å². The number of nitrogens with one attached hydrogen (secondary N) is 1. The summed E-state index contributed by atoms with van der Waals surface area (Å²) in [6.07, 6.45) is -3.27. The van der Waals surface area contributed by atoms with Crippen molar-refractivity contribution in [2.45, 2.75) is 31.9 Å². The predicted octanol–water partition coefficient (Wildman–Crippen LogP) is 1.46. The summed E-state index contributed by atoms with van der Waals surface area (Å²) in [4.78, 5) is 11.4. The van der Waals surface area contributed by atoms with Gasteiger partial charge < -0.3 is 10.4 Å². The van der Waals surface area contributed by atoms with Crippen LogP contribution in [0.15, 0.2) is 0 Å². The molecule has 2 unspecified atom stereocenters. The number of hydrogen-bond acceptors (Lipinski definition) is 2. The predicted molar refractivity (Wildman–Crippen MR) is 51.6 cm³/mol. The van der Waals surface area contributed by atoms with Crippen molar-refractivity contribution in [1.82, 2.24) is 5.32 Å². The van der Waals surface area contributed by atoms with Crippen LogP contribution in [0.4, 0.5) is 13.2 Å². The molecule has 0 radical (unpaired) electrons. The third-order valence-electron chi connectivity index (χ3n) is 2.92. The second-order valence-corrected chi connectivity index (χ2v) is 4.12. The van der Waals surface area contributed by atoms with E-state index in [9.17, 15) is 18.0 Å². The van der Waals surface area contributed by atoms with E-state index < -0.39 is 18.0 Å². The first-order valence-electron chi connectivity index (χ1n) is 5.40. The van der Waals surface area contributed by atoms with Gasteiger partial charge in [0.1, 0.15) is 0 Å². The van der Waals surface area contributed by atoms with Gasteiger partial charge in [0.2, 0.25) is 5.91 Å². The minimum Gasteiger partial charge on any atom is -0.395 e. The molecule has 1 amide bonds. The number of aliphatic hydroxyl groups excluding tert-OH is 1. The quantitative estimate of drug-likeness (QED) is 0.783. The molecular formula is C10H16F3NO2. The second-order valence-electron chi connectivity index (χ2n) is 4.12. The maximum Gasteiger partial charge on any atom is 0.391 e. The molecule has 0 heterocycles. The van der Waals surface area contributed by atoms with Gasteiger partial charge in [0.15, 0.2) is 0 Å². The van der Waals surface area contributed by atoms with Gasteiger partial charge in [-0.15, -0.1) is 0 Å². The largest absolute Gasteiger partial charge is 0.395 e. The Morgan fingerprint density at radius 2 is 2.06 bits per heavy atom. The molecule has 16 heavy (non-hydrogen) atoms. The molecule has 0 aromatic heterocycles. The molecule has 1 aliphatic carbocycles. The average Bonchev–Trinajstić information content (AvgIpc) is 2.25. The molecular weight excluding hydrogens is 223 g/mol. The van der Waals surface area contributed by atoms with Gasteiger partial charge in [0.05, 0.1) is 12.5 Å². The zero-order chi connectivity index (χ0) is 12.2. The monoisotopic (exact) mass is 239 g/mol. The Morgan fingerprint density at radius 1 is 1.38 bits per heavy atom. The van der Waals surface area contributed by atoms with E-state index in [-0.39, 0.29) is 31.9 Å². The van der Waals surface area contributed by atoms with Crippen LogP contribution in [0.25, 0.3) is 0 Å². The molecule has 0 aliphatic heterocycles. The van der Waals surface area contributed by atoms with Crippen molar-refractivity contribution in [1.29, 1.82) is 0 Å². The van der Waals surface area contributed by atoms with Crippen LogP contribution in [0, 0.1) is 11.8 Å². The van der Waals surface area contributed by atoms with Gasteiger partial charge in [-0.25, -0.2) is 0 Å². The Hall–Kier alpha value is -0.780. The SMILES string of the molecule is O=C(NCCO)C1CCCC(C(F)(F)F)C1. The van der Waals surface area contributed by atoms with Crippen molar-refractivity contribution in [2.75, 3.05) is 13.2 Å². The summed E-state index contributed by atoms with van der Waals surface area (Å²) in [6.45, 7) is -0.0901. The normalized spacial score (nSPS) is 26.5. The molecule has 1 fully saturated rings. The minimum atomic E-state index is -4.20. The number of amides is 1. The van der Waals surface area contributed by atoms with Gasteiger partial charge in [-0.05, 0) is 19.3 Å². The molecule has 3 nitrogen and oxygen atoms in total. The summed E-state index contributed by atoms with van der Waals surface area (Å²) < 4.78 is 37.4. The lowest BCUT2D eigenvalue weighted by Gasteiger charge is -2.29. The summed E-state index contributed by atoms with van der Waals surface area (Å²) in [5, 5.41) is 10.9. The molecule has 0 aromatic carbocycles. The zero-order valence-electron chi connectivity index (χ0n) is 8.89. The van der Waals surface area contributed by atoms with E-state index >= 15 is 0 Å². The van der Waals surface area contributed by atoms with Crippen LogP contribution in [0.3, 0.4) is 0 Å². The van der Waals surface area contributed by atoms with E-state index in [2.05, 4.69) is 5.32 Å². The first-order valence-corrected chi connectivity index (χ1v) is 5.40. The van der Waals surface area contributed by atoms with Crippen molar-refractivity contribution in [3.63, 3.8) is 0 Å². The molecule has 2 N–H and O–H groups in total. The molecule has 1 saturated carbocycles.